The van der Waals surface area contributed by atoms with Crippen molar-refractivity contribution >= 4 is 45.9 Å². The van der Waals surface area contributed by atoms with Gasteiger partial charge in [-0.15, -0.1) is 0 Å². The van der Waals surface area contributed by atoms with Crippen LogP contribution in [0.2, 0.25) is 10.0 Å². The van der Waals surface area contributed by atoms with Gasteiger partial charge in [-0.2, -0.15) is 0 Å². The van der Waals surface area contributed by atoms with Gasteiger partial charge in [-0.3, -0.25) is 0 Å². The highest BCUT2D eigenvalue weighted by molar-refractivity contribution is 7.99. The Kier molecular flexibility index (Phi) is 4.45. The van der Waals surface area contributed by atoms with E-state index in [0.29, 0.717) is 0 Å². The first-order chi connectivity index (χ1) is 10.2. The zero-order valence-corrected chi connectivity index (χ0v) is 13.7. The predicted molar refractivity (Wildman–Crippen MR) is 91.6 cm³/mol. The number of nitrogens with one attached hydrogen (secondary N) is 2. The minimum atomic E-state index is 0.741. The summed E-state index contributed by atoms with van der Waals surface area (Å²) in [5.74, 6) is 0. The third-order valence-corrected chi connectivity index (χ3v) is 4.85. The molecule has 0 aliphatic rings. The van der Waals surface area contributed by atoms with Gasteiger partial charge in [0, 0.05) is 43.5 Å². The summed E-state index contributed by atoms with van der Waals surface area (Å²) >= 11 is 13.9. The van der Waals surface area contributed by atoms with E-state index < -0.39 is 0 Å². The predicted octanol–water partition coefficient (Wildman–Crippen LogP) is 5.35. The molecule has 108 valence electrons. The highest BCUT2D eigenvalue weighted by atomic mass is 35.5. The van der Waals surface area contributed by atoms with Gasteiger partial charge in [0.05, 0.1) is 0 Å². The summed E-state index contributed by atoms with van der Waals surface area (Å²) in [6.45, 7) is 0.808. The molecule has 0 spiro atoms. The highest BCUT2D eigenvalue weighted by Gasteiger charge is 2.10. The fourth-order valence-electron chi connectivity index (χ4n) is 2.23. The van der Waals surface area contributed by atoms with Crippen molar-refractivity contribution in [2.75, 3.05) is 7.05 Å². The standard InChI is InChI=1S/C16H14Cl2N2S/c1-19-8-10-2-3-12(18)7-15(10)21-16-9-20-14-5-4-11(17)6-13(14)16/h2-7,9,19-20H,8H2,1H3. The second kappa shape index (κ2) is 6.32. The summed E-state index contributed by atoms with van der Waals surface area (Å²) in [5, 5.41) is 5.80. The number of fused-ring (bicyclic) bond motifs is 1. The monoisotopic (exact) mass is 336 g/mol. The summed E-state index contributed by atoms with van der Waals surface area (Å²) in [6.07, 6.45) is 2.01. The van der Waals surface area contributed by atoms with Crippen molar-refractivity contribution in [1.82, 2.24) is 10.3 Å². The molecule has 0 fully saturated rings. The molecule has 0 atom stereocenters. The normalized spacial score (nSPS) is 11.2. The fraction of sp³-hybridized carbons (Fsp3) is 0.125. The molecule has 0 bridgehead atoms. The van der Waals surface area contributed by atoms with Crippen molar-refractivity contribution in [3.05, 3.63) is 58.2 Å². The molecule has 0 saturated carbocycles. The Hall–Kier alpha value is -1.13. The molecule has 2 nitrogen and oxygen atoms in total. The second-order valence-electron chi connectivity index (χ2n) is 4.73. The van der Waals surface area contributed by atoms with Crippen molar-refractivity contribution in [2.45, 2.75) is 16.3 Å². The summed E-state index contributed by atoms with van der Waals surface area (Å²) in [4.78, 5) is 5.57. The summed E-state index contributed by atoms with van der Waals surface area (Å²) < 4.78 is 0. The van der Waals surface area contributed by atoms with Gasteiger partial charge in [0.2, 0.25) is 0 Å². The Morgan fingerprint density at radius 2 is 1.81 bits per heavy atom. The lowest BCUT2D eigenvalue weighted by atomic mass is 10.2. The number of hydrogen-bond acceptors (Lipinski definition) is 2. The number of benzene rings is 2. The maximum atomic E-state index is 6.14. The summed E-state index contributed by atoms with van der Waals surface area (Å²) in [7, 11) is 1.94. The van der Waals surface area contributed by atoms with E-state index in [-0.39, 0.29) is 0 Å². The van der Waals surface area contributed by atoms with E-state index in [9.17, 15) is 0 Å². The number of rotatable bonds is 4. The first-order valence-corrected chi connectivity index (χ1v) is 8.12. The first kappa shape index (κ1) is 14.8. The number of hydrogen-bond donors (Lipinski definition) is 2. The Morgan fingerprint density at radius 1 is 1.05 bits per heavy atom. The van der Waals surface area contributed by atoms with Crippen LogP contribution in [0, 0.1) is 0 Å². The van der Waals surface area contributed by atoms with Crippen molar-refractivity contribution in [1.29, 1.82) is 0 Å². The average Bonchev–Trinajstić information content (AvgIpc) is 2.84. The molecule has 0 amide bonds. The van der Waals surface area contributed by atoms with Crippen LogP contribution < -0.4 is 5.32 Å². The SMILES string of the molecule is CNCc1ccc(Cl)cc1Sc1c[nH]c2ccc(Cl)cc12. The van der Waals surface area contributed by atoms with Crippen LogP contribution in [0.15, 0.2) is 52.4 Å². The highest BCUT2D eigenvalue weighted by Crippen LogP contribution is 2.37. The van der Waals surface area contributed by atoms with Crippen LogP contribution in [0.25, 0.3) is 10.9 Å². The van der Waals surface area contributed by atoms with Crippen molar-refractivity contribution < 1.29 is 0 Å². The molecule has 3 rings (SSSR count). The minimum Gasteiger partial charge on any atom is -0.360 e. The van der Waals surface area contributed by atoms with E-state index in [1.807, 2.05) is 43.6 Å². The third kappa shape index (κ3) is 3.22. The Balaban J connectivity index is 2.02. The summed E-state index contributed by atoms with van der Waals surface area (Å²) in [6, 6.07) is 11.8. The molecule has 0 aliphatic heterocycles. The van der Waals surface area contributed by atoms with E-state index >= 15 is 0 Å². The lowest BCUT2D eigenvalue weighted by molar-refractivity contribution is 0.803. The average molecular weight is 337 g/mol. The molecule has 2 aromatic carbocycles. The van der Waals surface area contributed by atoms with Gasteiger partial charge < -0.3 is 10.3 Å². The number of halogens is 2. The second-order valence-corrected chi connectivity index (χ2v) is 6.68. The molecule has 0 saturated heterocycles. The lowest BCUT2D eigenvalue weighted by Gasteiger charge is -2.09. The molecule has 0 radical (unpaired) electrons. The Bertz CT molecular complexity index is 783. The van der Waals surface area contributed by atoms with Gasteiger partial charge in [-0.1, -0.05) is 41.0 Å². The molecule has 0 unspecified atom stereocenters. The molecule has 2 N–H and O–H groups in total. The maximum Gasteiger partial charge on any atom is 0.0466 e. The minimum absolute atomic E-state index is 0.741. The van der Waals surface area contributed by atoms with Gasteiger partial charge in [0.1, 0.15) is 0 Å². The number of aromatic amines is 1. The molecule has 3 aromatic rings. The Morgan fingerprint density at radius 3 is 2.62 bits per heavy atom. The smallest absolute Gasteiger partial charge is 0.0466 e. The largest absolute Gasteiger partial charge is 0.360 e. The molecule has 21 heavy (non-hydrogen) atoms. The van der Waals surface area contributed by atoms with E-state index in [1.165, 1.54) is 5.56 Å². The first-order valence-electron chi connectivity index (χ1n) is 6.55. The van der Waals surface area contributed by atoms with Gasteiger partial charge in [-0.05, 0) is 42.9 Å². The molecular weight excluding hydrogens is 323 g/mol. The van der Waals surface area contributed by atoms with Gasteiger partial charge in [0.25, 0.3) is 0 Å². The van der Waals surface area contributed by atoms with Crippen LogP contribution >= 0.6 is 35.0 Å². The van der Waals surface area contributed by atoms with Crippen molar-refractivity contribution in [3.63, 3.8) is 0 Å². The molecular formula is C16H14Cl2N2S. The van der Waals surface area contributed by atoms with E-state index in [0.717, 1.165) is 37.3 Å². The lowest BCUT2D eigenvalue weighted by Crippen LogP contribution is -2.05. The van der Waals surface area contributed by atoms with E-state index in [2.05, 4.69) is 16.4 Å². The van der Waals surface area contributed by atoms with E-state index in [4.69, 9.17) is 23.2 Å². The fourth-order valence-corrected chi connectivity index (χ4v) is 3.73. The zero-order valence-electron chi connectivity index (χ0n) is 11.4. The van der Waals surface area contributed by atoms with Gasteiger partial charge in [0.15, 0.2) is 0 Å². The van der Waals surface area contributed by atoms with Crippen LogP contribution in [0.5, 0.6) is 0 Å². The number of aromatic nitrogens is 1. The van der Waals surface area contributed by atoms with Gasteiger partial charge in [-0.25, -0.2) is 0 Å². The number of H-pyrrole nitrogens is 1. The van der Waals surface area contributed by atoms with Gasteiger partial charge >= 0.3 is 0 Å². The quantitative estimate of drug-likeness (QED) is 0.672. The molecule has 1 heterocycles. The molecule has 5 heteroatoms. The maximum absolute atomic E-state index is 6.14. The van der Waals surface area contributed by atoms with Crippen LogP contribution in [-0.4, -0.2) is 12.0 Å². The van der Waals surface area contributed by atoms with Crippen LogP contribution in [0.3, 0.4) is 0 Å². The third-order valence-electron chi connectivity index (χ3n) is 3.22. The van der Waals surface area contributed by atoms with Crippen LogP contribution in [0.1, 0.15) is 5.56 Å². The van der Waals surface area contributed by atoms with Crippen molar-refractivity contribution in [3.8, 4) is 0 Å². The Labute approximate surface area is 137 Å². The summed E-state index contributed by atoms with van der Waals surface area (Å²) in [5.41, 5.74) is 2.31. The van der Waals surface area contributed by atoms with Crippen LogP contribution in [-0.2, 0) is 6.54 Å². The molecule has 0 aliphatic carbocycles. The van der Waals surface area contributed by atoms with E-state index in [1.54, 1.807) is 11.8 Å². The topological polar surface area (TPSA) is 27.8 Å². The van der Waals surface area contributed by atoms with Crippen LogP contribution in [0.4, 0.5) is 0 Å². The zero-order chi connectivity index (χ0) is 14.8. The molecule has 1 aromatic heterocycles. The van der Waals surface area contributed by atoms with Crippen molar-refractivity contribution in [2.24, 2.45) is 0 Å².